The van der Waals surface area contributed by atoms with Crippen LogP contribution in [-0.2, 0) is 6.54 Å². The second-order valence-corrected chi connectivity index (χ2v) is 3.18. The molecule has 0 atom stereocenters. The van der Waals surface area contributed by atoms with E-state index in [0.717, 1.165) is 5.56 Å². The number of nitrogens with one attached hydrogen (secondary N) is 1. The molecular weight excluding hydrogens is 176 g/mol. The van der Waals surface area contributed by atoms with Crippen LogP contribution in [0.5, 0.6) is 0 Å². The monoisotopic (exact) mass is 192 g/mol. The molecule has 14 heavy (non-hydrogen) atoms. The highest BCUT2D eigenvalue weighted by Gasteiger charge is 2.06. The van der Waals surface area contributed by atoms with Crippen molar-refractivity contribution in [1.29, 1.82) is 0 Å². The van der Waals surface area contributed by atoms with E-state index in [-0.39, 0.29) is 6.03 Å². The number of carbonyl (C=O) groups excluding carboxylic acids is 1. The van der Waals surface area contributed by atoms with Crippen LogP contribution in [-0.4, -0.2) is 24.5 Å². The molecule has 0 spiro atoms. The van der Waals surface area contributed by atoms with Crippen LogP contribution in [0, 0.1) is 0 Å². The fourth-order valence-electron chi connectivity index (χ4n) is 1.22. The molecule has 0 aliphatic heterocycles. The van der Waals surface area contributed by atoms with E-state index in [2.05, 4.69) is 5.32 Å². The highest BCUT2D eigenvalue weighted by molar-refractivity contribution is 5.73. The fourth-order valence-corrected chi connectivity index (χ4v) is 1.22. The van der Waals surface area contributed by atoms with Gasteiger partial charge in [-0.25, -0.2) is 4.79 Å². The van der Waals surface area contributed by atoms with Crippen LogP contribution in [0.2, 0.25) is 0 Å². The smallest absolute Gasteiger partial charge is 0.317 e. The Kier molecular flexibility index (Phi) is 3.98. The number of benzene rings is 1. The van der Waals surface area contributed by atoms with E-state index in [1.807, 2.05) is 37.3 Å². The summed E-state index contributed by atoms with van der Waals surface area (Å²) in [6.07, 6.45) is 0. The van der Waals surface area contributed by atoms with Crippen molar-refractivity contribution in [1.82, 2.24) is 10.2 Å². The van der Waals surface area contributed by atoms with Crippen molar-refractivity contribution in [2.24, 2.45) is 0 Å². The zero-order valence-corrected chi connectivity index (χ0v) is 8.66. The normalized spacial score (nSPS) is 9.57. The molecule has 0 aromatic heterocycles. The number of hydrogen-bond acceptors (Lipinski definition) is 1. The van der Waals surface area contributed by atoms with Gasteiger partial charge in [-0.15, -0.1) is 0 Å². The molecule has 76 valence electrons. The molecule has 0 unspecified atom stereocenters. The number of carbonyl (C=O) groups is 1. The lowest BCUT2D eigenvalue weighted by atomic mass is 10.2. The van der Waals surface area contributed by atoms with Gasteiger partial charge in [0.1, 0.15) is 0 Å². The minimum absolute atomic E-state index is 0.0312. The van der Waals surface area contributed by atoms with Gasteiger partial charge in [0, 0.05) is 20.1 Å². The Morgan fingerprint density at radius 1 is 1.36 bits per heavy atom. The molecule has 0 fully saturated rings. The average Bonchev–Trinajstić information content (AvgIpc) is 2.19. The molecule has 0 saturated heterocycles. The summed E-state index contributed by atoms with van der Waals surface area (Å²) in [5.41, 5.74) is 1.14. The number of amides is 2. The van der Waals surface area contributed by atoms with Gasteiger partial charge < -0.3 is 10.2 Å². The molecule has 0 radical (unpaired) electrons. The van der Waals surface area contributed by atoms with Gasteiger partial charge in [-0.3, -0.25) is 0 Å². The quantitative estimate of drug-likeness (QED) is 0.778. The number of urea groups is 1. The molecule has 3 nitrogen and oxygen atoms in total. The number of hydrogen-bond donors (Lipinski definition) is 1. The predicted molar refractivity (Wildman–Crippen MR) is 57.0 cm³/mol. The van der Waals surface area contributed by atoms with Crippen molar-refractivity contribution in [3.8, 4) is 0 Å². The van der Waals surface area contributed by atoms with Crippen molar-refractivity contribution in [3.05, 3.63) is 35.9 Å². The van der Waals surface area contributed by atoms with Crippen molar-refractivity contribution >= 4 is 6.03 Å². The van der Waals surface area contributed by atoms with Gasteiger partial charge in [-0.1, -0.05) is 30.3 Å². The minimum atomic E-state index is -0.0312. The lowest BCUT2D eigenvalue weighted by molar-refractivity contribution is 0.207. The second kappa shape index (κ2) is 5.27. The molecule has 0 bridgehead atoms. The van der Waals surface area contributed by atoms with Crippen LogP contribution < -0.4 is 5.32 Å². The maximum atomic E-state index is 11.4. The Hall–Kier alpha value is -1.51. The Morgan fingerprint density at radius 3 is 2.57 bits per heavy atom. The molecule has 1 aromatic rings. The SMILES string of the molecule is CCNC(=O)N(C)Cc1ccccc1. The Bertz CT molecular complexity index is 285. The highest BCUT2D eigenvalue weighted by Crippen LogP contribution is 2.02. The third-order valence-electron chi connectivity index (χ3n) is 1.94. The molecule has 0 aliphatic carbocycles. The molecule has 0 saturated carbocycles. The van der Waals surface area contributed by atoms with Gasteiger partial charge in [0.25, 0.3) is 0 Å². The zero-order chi connectivity index (χ0) is 10.4. The molecule has 0 aliphatic rings. The van der Waals surface area contributed by atoms with Gasteiger partial charge in [0.2, 0.25) is 0 Å². The van der Waals surface area contributed by atoms with Gasteiger partial charge in [-0.2, -0.15) is 0 Å². The minimum Gasteiger partial charge on any atom is -0.338 e. The largest absolute Gasteiger partial charge is 0.338 e. The third-order valence-corrected chi connectivity index (χ3v) is 1.94. The Labute approximate surface area is 84.7 Å². The van der Waals surface area contributed by atoms with Crippen LogP contribution >= 0.6 is 0 Å². The summed E-state index contributed by atoms with van der Waals surface area (Å²) in [4.78, 5) is 13.0. The summed E-state index contributed by atoms with van der Waals surface area (Å²) in [6, 6.07) is 9.90. The lowest BCUT2D eigenvalue weighted by Gasteiger charge is -2.17. The van der Waals surface area contributed by atoms with Crippen LogP contribution in [0.15, 0.2) is 30.3 Å². The second-order valence-electron chi connectivity index (χ2n) is 3.18. The average molecular weight is 192 g/mol. The molecule has 1 rings (SSSR count). The van der Waals surface area contributed by atoms with Crippen molar-refractivity contribution in [2.75, 3.05) is 13.6 Å². The van der Waals surface area contributed by atoms with Crippen LogP contribution in [0.3, 0.4) is 0 Å². The summed E-state index contributed by atoms with van der Waals surface area (Å²) in [5, 5.41) is 2.75. The lowest BCUT2D eigenvalue weighted by Crippen LogP contribution is -2.36. The van der Waals surface area contributed by atoms with Crippen molar-refractivity contribution < 1.29 is 4.79 Å². The van der Waals surface area contributed by atoms with Crippen LogP contribution in [0.25, 0.3) is 0 Å². The first kappa shape index (κ1) is 10.6. The summed E-state index contributed by atoms with van der Waals surface area (Å²) < 4.78 is 0. The zero-order valence-electron chi connectivity index (χ0n) is 8.66. The number of nitrogens with zero attached hydrogens (tertiary/aromatic N) is 1. The topological polar surface area (TPSA) is 32.3 Å². The van der Waals surface area contributed by atoms with E-state index in [1.165, 1.54) is 0 Å². The summed E-state index contributed by atoms with van der Waals surface area (Å²) in [7, 11) is 1.79. The molecule has 0 heterocycles. The van der Waals surface area contributed by atoms with E-state index >= 15 is 0 Å². The van der Waals surface area contributed by atoms with Gasteiger partial charge in [0.15, 0.2) is 0 Å². The highest BCUT2D eigenvalue weighted by atomic mass is 16.2. The van der Waals surface area contributed by atoms with E-state index in [9.17, 15) is 4.79 Å². The molecule has 2 amide bonds. The molecule has 3 heteroatoms. The first-order valence-corrected chi connectivity index (χ1v) is 4.77. The van der Waals surface area contributed by atoms with Gasteiger partial charge in [0.05, 0.1) is 0 Å². The number of rotatable bonds is 3. The van der Waals surface area contributed by atoms with Crippen LogP contribution in [0.4, 0.5) is 4.79 Å². The Balaban J connectivity index is 2.49. The van der Waals surface area contributed by atoms with E-state index in [4.69, 9.17) is 0 Å². The molecule has 1 N–H and O–H groups in total. The molecular formula is C11H16N2O. The van der Waals surface area contributed by atoms with E-state index in [1.54, 1.807) is 11.9 Å². The maximum Gasteiger partial charge on any atom is 0.317 e. The van der Waals surface area contributed by atoms with E-state index < -0.39 is 0 Å². The van der Waals surface area contributed by atoms with Crippen LogP contribution in [0.1, 0.15) is 12.5 Å². The molecule has 1 aromatic carbocycles. The van der Waals surface area contributed by atoms with Gasteiger partial charge in [-0.05, 0) is 12.5 Å². The Morgan fingerprint density at radius 2 is 2.00 bits per heavy atom. The predicted octanol–water partition coefficient (Wildman–Crippen LogP) is 1.85. The van der Waals surface area contributed by atoms with Crippen molar-refractivity contribution in [3.63, 3.8) is 0 Å². The third kappa shape index (κ3) is 3.09. The van der Waals surface area contributed by atoms with Gasteiger partial charge >= 0.3 is 6.03 Å². The fraction of sp³-hybridized carbons (Fsp3) is 0.364. The standard InChI is InChI=1S/C11H16N2O/c1-3-12-11(14)13(2)9-10-7-5-4-6-8-10/h4-8H,3,9H2,1-2H3,(H,12,14). The summed E-state index contributed by atoms with van der Waals surface area (Å²) in [6.45, 7) is 3.22. The van der Waals surface area contributed by atoms with E-state index in [0.29, 0.717) is 13.1 Å². The summed E-state index contributed by atoms with van der Waals surface area (Å²) in [5.74, 6) is 0. The first-order valence-electron chi connectivity index (χ1n) is 4.77. The maximum absolute atomic E-state index is 11.4. The van der Waals surface area contributed by atoms with Crippen molar-refractivity contribution in [2.45, 2.75) is 13.5 Å². The first-order chi connectivity index (χ1) is 6.74. The summed E-state index contributed by atoms with van der Waals surface area (Å²) >= 11 is 0.